The normalized spacial score (nSPS) is 16.6. The Balaban J connectivity index is 1.03. The van der Waals surface area contributed by atoms with Crippen molar-refractivity contribution in [2.75, 3.05) is 19.1 Å². The largest absolute Gasteiger partial charge is 0.489 e. The van der Waals surface area contributed by atoms with Crippen LogP contribution in [0.5, 0.6) is 11.5 Å². The lowest BCUT2D eigenvalue weighted by molar-refractivity contribution is -0.146. The molecule has 2 aliphatic rings. The number of carbonyl (C=O) groups is 3. The first-order valence-corrected chi connectivity index (χ1v) is 21.8. The van der Waals surface area contributed by atoms with Crippen LogP contribution < -0.4 is 19.7 Å². The van der Waals surface area contributed by atoms with Crippen LogP contribution in [-0.4, -0.2) is 48.9 Å². The maximum atomic E-state index is 14.7. The lowest BCUT2D eigenvalue weighted by Crippen LogP contribution is -2.55. The van der Waals surface area contributed by atoms with Crippen molar-refractivity contribution in [3.63, 3.8) is 0 Å². The number of hydrogen-bond donors (Lipinski definition) is 1. The van der Waals surface area contributed by atoms with Crippen molar-refractivity contribution in [3.8, 4) is 28.7 Å². The third-order valence-corrected chi connectivity index (χ3v) is 12.7. The summed E-state index contributed by atoms with van der Waals surface area (Å²) in [5.41, 5.74) is 8.48. The van der Waals surface area contributed by atoms with E-state index in [4.69, 9.17) is 37.4 Å². The molecule has 4 atom stereocenters. The van der Waals surface area contributed by atoms with E-state index < -0.39 is 24.2 Å². The molecule has 0 aromatic heterocycles. The first-order chi connectivity index (χ1) is 31.0. The highest BCUT2D eigenvalue weighted by molar-refractivity contribution is 6.42. The van der Waals surface area contributed by atoms with Crippen molar-refractivity contribution in [2.45, 2.75) is 63.6 Å². The number of anilines is 1. The maximum absolute atomic E-state index is 14.7. The number of nitriles is 1. The molecular weight excluding hydrogens is 847 g/mol. The molecule has 0 saturated heterocycles. The molecule has 6 aromatic carbocycles. The van der Waals surface area contributed by atoms with Crippen LogP contribution in [0.1, 0.15) is 64.4 Å². The smallest absolute Gasteiger partial charge is 0.328 e. The van der Waals surface area contributed by atoms with Crippen molar-refractivity contribution in [1.29, 1.82) is 5.26 Å². The first-order valence-electron chi connectivity index (χ1n) is 21.1. The molecule has 1 N–H and O–H groups in total. The average Bonchev–Trinajstić information content (AvgIpc) is 3.33. The van der Waals surface area contributed by atoms with Crippen LogP contribution >= 0.6 is 23.2 Å². The Kier molecular flexibility index (Phi) is 13.3. The average molecular weight is 894 g/mol. The molecule has 2 heterocycles. The number of methoxy groups -OCH3 is 1. The fraction of sp³-hybridized carbons (Fsp3) is 0.231. The molecule has 0 radical (unpaired) electrons. The number of nitrogens with zero attached hydrogens (tertiary/aromatic N) is 3. The number of carbonyl (C=O) groups excluding carboxylic acids is 3. The monoisotopic (exact) mass is 892 g/mol. The Morgan fingerprint density at radius 3 is 2.20 bits per heavy atom. The van der Waals surface area contributed by atoms with Gasteiger partial charge in [-0.15, -0.1) is 0 Å². The van der Waals surface area contributed by atoms with E-state index in [2.05, 4.69) is 35.3 Å². The van der Waals surface area contributed by atoms with Gasteiger partial charge < -0.3 is 24.4 Å². The molecule has 0 spiro atoms. The van der Waals surface area contributed by atoms with Crippen LogP contribution in [0, 0.1) is 11.3 Å². The number of hydrogen-bond acceptors (Lipinski definition) is 8. The van der Waals surface area contributed by atoms with Gasteiger partial charge in [-0.1, -0.05) is 115 Å². The van der Waals surface area contributed by atoms with E-state index in [1.165, 1.54) is 7.11 Å². The molecule has 8 rings (SSSR count). The zero-order valence-corrected chi connectivity index (χ0v) is 37.1. The minimum Gasteiger partial charge on any atom is -0.489 e. The Labute approximate surface area is 382 Å². The number of likely N-dealkylation sites (N-methyl/N-ethyl adjacent to an activating group) is 1. The standard InChI is InChI=1S/C52H46Cl2N4O6/c1-4-45(37-8-6-5-7-9-37)58-30-40-28-48-46(57(2)51(60)49(64-48)38-19-21-41(22-20-38)63-31-34-14-23-42(53)43(54)24-34)26-39(40)27-47(58)50(59)56-44(52(61)62-3)25-32-10-15-35(16-11-32)36-17-12-33(29-55)13-18-36/h5-24,26,28,44-45,47,49H,4,25,27,30-31H2,1-3H3,(H,56,59)/t44-,45?,47?,49+/m0/s1. The lowest BCUT2D eigenvalue weighted by Gasteiger charge is -2.42. The number of ether oxygens (including phenoxy) is 3. The molecule has 10 nitrogen and oxygen atoms in total. The number of rotatable bonds is 13. The molecule has 2 unspecified atom stereocenters. The predicted molar refractivity (Wildman–Crippen MR) is 247 cm³/mol. The fourth-order valence-electron chi connectivity index (χ4n) is 8.51. The van der Waals surface area contributed by atoms with Crippen molar-refractivity contribution in [2.24, 2.45) is 0 Å². The molecular formula is C52H46Cl2N4O6. The summed E-state index contributed by atoms with van der Waals surface area (Å²) in [5.74, 6) is 0.111. The molecule has 0 bridgehead atoms. The highest BCUT2D eigenvalue weighted by Gasteiger charge is 2.40. The van der Waals surface area contributed by atoms with Gasteiger partial charge in [-0.25, -0.2) is 4.79 Å². The Hall–Kier alpha value is -6.64. The minimum absolute atomic E-state index is 0.122. The number of benzene rings is 6. The fourth-order valence-corrected chi connectivity index (χ4v) is 8.84. The van der Waals surface area contributed by atoms with Crippen LogP contribution in [0.25, 0.3) is 11.1 Å². The van der Waals surface area contributed by atoms with Crippen LogP contribution in [0.2, 0.25) is 10.0 Å². The van der Waals surface area contributed by atoms with E-state index in [9.17, 15) is 19.6 Å². The summed E-state index contributed by atoms with van der Waals surface area (Å²) in [7, 11) is 3.05. The zero-order chi connectivity index (χ0) is 44.9. The number of fused-ring (bicyclic) bond motifs is 2. The Morgan fingerprint density at radius 1 is 0.859 bits per heavy atom. The Morgan fingerprint density at radius 2 is 1.55 bits per heavy atom. The quantitative estimate of drug-likeness (QED) is 0.114. The predicted octanol–water partition coefficient (Wildman–Crippen LogP) is 9.99. The van der Waals surface area contributed by atoms with Gasteiger partial charge in [0, 0.05) is 31.6 Å². The van der Waals surface area contributed by atoms with E-state index in [0.29, 0.717) is 57.9 Å². The Bertz CT molecular complexity index is 2710. The maximum Gasteiger partial charge on any atom is 0.328 e. The topological polar surface area (TPSA) is 121 Å². The third kappa shape index (κ3) is 9.48. The van der Waals surface area contributed by atoms with Crippen LogP contribution in [0.4, 0.5) is 5.69 Å². The molecule has 12 heteroatoms. The number of esters is 1. The van der Waals surface area contributed by atoms with Gasteiger partial charge in [-0.3, -0.25) is 14.5 Å². The molecule has 2 aliphatic heterocycles. The molecule has 0 saturated carbocycles. The number of nitrogens with one attached hydrogen (secondary N) is 1. The van der Waals surface area contributed by atoms with Crippen molar-refractivity contribution >= 4 is 46.7 Å². The lowest BCUT2D eigenvalue weighted by atomic mass is 9.88. The minimum atomic E-state index is -0.945. The van der Waals surface area contributed by atoms with E-state index in [1.807, 2.05) is 97.1 Å². The first kappa shape index (κ1) is 44.0. The van der Waals surface area contributed by atoms with E-state index >= 15 is 0 Å². The highest BCUT2D eigenvalue weighted by Crippen LogP contribution is 2.43. The summed E-state index contributed by atoms with van der Waals surface area (Å²) < 4.78 is 17.7. The molecule has 324 valence electrons. The van der Waals surface area contributed by atoms with Gasteiger partial charge in [0.25, 0.3) is 5.91 Å². The second kappa shape index (κ2) is 19.4. The second-order valence-corrected chi connectivity index (χ2v) is 16.8. The van der Waals surface area contributed by atoms with Gasteiger partial charge in [0.05, 0.1) is 40.5 Å². The summed E-state index contributed by atoms with van der Waals surface area (Å²) in [6, 6.07) is 42.2. The molecule has 0 fully saturated rings. The summed E-state index contributed by atoms with van der Waals surface area (Å²) in [4.78, 5) is 45.7. The third-order valence-electron chi connectivity index (χ3n) is 12.0. The zero-order valence-electron chi connectivity index (χ0n) is 35.6. The molecule has 2 amide bonds. The van der Waals surface area contributed by atoms with Gasteiger partial charge in [0.15, 0.2) is 0 Å². The summed E-state index contributed by atoms with van der Waals surface area (Å²) in [6.45, 7) is 2.82. The van der Waals surface area contributed by atoms with Gasteiger partial charge in [0.1, 0.15) is 24.1 Å². The van der Waals surface area contributed by atoms with Gasteiger partial charge in [-0.2, -0.15) is 5.26 Å². The van der Waals surface area contributed by atoms with Gasteiger partial charge in [0.2, 0.25) is 12.0 Å². The summed E-state index contributed by atoms with van der Waals surface area (Å²) >= 11 is 12.2. The van der Waals surface area contributed by atoms with E-state index in [-0.39, 0.29) is 24.3 Å². The molecule has 64 heavy (non-hydrogen) atoms. The van der Waals surface area contributed by atoms with Crippen molar-refractivity contribution < 1.29 is 28.6 Å². The summed E-state index contributed by atoms with van der Waals surface area (Å²) in [5, 5.41) is 13.2. The highest BCUT2D eigenvalue weighted by atomic mass is 35.5. The molecule has 6 aromatic rings. The SMILES string of the molecule is CCC(c1ccccc1)N1Cc2cc3c(cc2CC1C(=O)N[C@@H](Cc1ccc(-c2ccc(C#N)cc2)cc1)C(=O)OC)N(C)C(=O)[C@@H](c1ccc(OCc2ccc(Cl)c(Cl)c2)cc1)O3. The van der Waals surface area contributed by atoms with Crippen LogP contribution in [0.3, 0.4) is 0 Å². The van der Waals surface area contributed by atoms with Crippen LogP contribution in [0.15, 0.2) is 133 Å². The second-order valence-electron chi connectivity index (χ2n) is 16.0. The summed E-state index contributed by atoms with van der Waals surface area (Å²) in [6.07, 6.45) is 0.398. The van der Waals surface area contributed by atoms with Crippen LogP contribution in [-0.2, 0) is 45.1 Å². The number of amides is 2. The van der Waals surface area contributed by atoms with E-state index in [1.54, 1.807) is 36.2 Å². The number of halogens is 2. The van der Waals surface area contributed by atoms with Gasteiger partial charge in [-0.05, 0) is 100 Å². The molecule has 0 aliphatic carbocycles. The van der Waals surface area contributed by atoms with Gasteiger partial charge >= 0.3 is 5.97 Å². The van der Waals surface area contributed by atoms with E-state index in [0.717, 1.165) is 45.4 Å². The van der Waals surface area contributed by atoms with Crippen molar-refractivity contribution in [3.05, 3.63) is 182 Å². The van der Waals surface area contributed by atoms with Crippen molar-refractivity contribution in [1.82, 2.24) is 10.2 Å².